The molecule has 5 nitrogen and oxygen atoms in total. The lowest BCUT2D eigenvalue weighted by atomic mass is 10.0. The van der Waals surface area contributed by atoms with Crippen LogP contribution in [0.15, 0.2) is 124 Å². The van der Waals surface area contributed by atoms with Crippen molar-refractivity contribution < 1.29 is 9.59 Å². The Hall–Kier alpha value is -4.77. The van der Waals surface area contributed by atoms with Crippen LogP contribution in [0, 0.1) is 0 Å². The lowest BCUT2D eigenvalue weighted by Gasteiger charge is -2.26. The normalized spacial score (nSPS) is 10.3. The third-order valence-corrected chi connectivity index (χ3v) is 6.17. The van der Waals surface area contributed by atoms with Gasteiger partial charge in [0.05, 0.1) is 0 Å². The second-order valence-electron chi connectivity index (χ2n) is 8.85. The van der Waals surface area contributed by atoms with Gasteiger partial charge in [0.2, 0.25) is 0 Å². The van der Waals surface area contributed by atoms with Crippen molar-refractivity contribution in [3.63, 3.8) is 0 Å². The zero-order chi connectivity index (χ0) is 28.2. The average molecular weight is 518 g/mol. The van der Waals surface area contributed by atoms with Gasteiger partial charge in [0.15, 0.2) is 0 Å². The zero-order valence-electron chi connectivity index (χ0n) is 22.4. The van der Waals surface area contributed by atoms with E-state index >= 15 is 0 Å². The molecule has 3 rings (SSSR count). The predicted molar refractivity (Wildman–Crippen MR) is 163 cm³/mol. The Kier molecular flexibility index (Phi) is 10.5. The van der Waals surface area contributed by atoms with Crippen molar-refractivity contribution in [2.24, 2.45) is 0 Å². The number of para-hydroxylation sites is 2. The molecule has 2 aromatic carbocycles. The van der Waals surface area contributed by atoms with E-state index in [4.69, 9.17) is 0 Å². The lowest BCUT2D eigenvalue weighted by molar-refractivity contribution is 0.0980. The molecule has 0 aliphatic rings. The maximum atomic E-state index is 14.1. The maximum absolute atomic E-state index is 14.1. The quantitative estimate of drug-likeness (QED) is 0.218. The van der Waals surface area contributed by atoms with Crippen molar-refractivity contribution in [3.8, 4) is 0 Å². The Morgan fingerprint density at radius 1 is 0.590 bits per heavy atom. The average Bonchev–Trinajstić information content (AvgIpc) is 2.95. The van der Waals surface area contributed by atoms with E-state index in [0.717, 1.165) is 22.5 Å². The molecule has 39 heavy (non-hydrogen) atoms. The summed E-state index contributed by atoms with van der Waals surface area (Å²) in [6.45, 7) is 19.8. The van der Waals surface area contributed by atoms with Crippen molar-refractivity contribution in [1.82, 2.24) is 4.98 Å². The number of pyridine rings is 1. The van der Waals surface area contributed by atoms with Crippen molar-refractivity contribution in [2.45, 2.75) is 19.3 Å². The second-order valence-corrected chi connectivity index (χ2v) is 8.85. The molecule has 0 radical (unpaired) electrons. The number of hydrogen-bond donors (Lipinski definition) is 0. The van der Waals surface area contributed by atoms with Crippen LogP contribution in [0.4, 0.5) is 11.4 Å². The van der Waals surface area contributed by atoms with E-state index in [1.165, 1.54) is 0 Å². The van der Waals surface area contributed by atoms with Crippen LogP contribution in [0.2, 0.25) is 0 Å². The molecular formula is C34H35N3O2. The highest BCUT2D eigenvalue weighted by Crippen LogP contribution is 2.26. The second kappa shape index (κ2) is 14.2. The zero-order valence-corrected chi connectivity index (χ0v) is 22.4. The molecule has 3 aromatic rings. The van der Waals surface area contributed by atoms with Crippen LogP contribution in [-0.4, -0.2) is 29.9 Å². The number of rotatable bonds is 14. The molecule has 0 atom stereocenters. The molecule has 1 heterocycles. The first-order valence-electron chi connectivity index (χ1n) is 12.8. The molecule has 0 fully saturated rings. The smallest absolute Gasteiger partial charge is 0.277 e. The molecule has 0 aliphatic carbocycles. The molecular weight excluding hydrogens is 482 g/mol. The predicted octanol–water partition coefficient (Wildman–Crippen LogP) is 6.93. The van der Waals surface area contributed by atoms with Crippen LogP contribution < -0.4 is 9.80 Å². The topological polar surface area (TPSA) is 53.5 Å². The fourth-order valence-electron chi connectivity index (χ4n) is 4.42. The molecule has 2 amide bonds. The number of aromatic nitrogens is 1. The van der Waals surface area contributed by atoms with E-state index in [0.29, 0.717) is 24.8 Å². The summed E-state index contributed by atoms with van der Waals surface area (Å²) in [6.07, 6.45) is 10.3. The van der Waals surface area contributed by atoms with Gasteiger partial charge in [-0.25, -0.2) is 4.98 Å². The summed E-state index contributed by atoms with van der Waals surface area (Å²) >= 11 is 0. The van der Waals surface area contributed by atoms with Gasteiger partial charge in [-0.15, -0.1) is 32.9 Å². The van der Waals surface area contributed by atoms with Crippen molar-refractivity contribution in [1.29, 1.82) is 0 Å². The van der Waals surface area contributed by atoms with Gasteiger partial charge in [0.1, 0.15) is 11.4 Å². The number of carbonyl (C=O) groups excluding carboxylic acids is 2. The van der Waals surface area contributed by atoms with Gasteiger partial charge < -0.3 is 9.80 Å². The molecule has 0 N–H and O–H groups in total. The Bertz CT molecular complexity index is 1390. The van der Waals surface area contributed by atoms with Crippen LogP contribution in [0.1, 0.15) is 37.7 Å². The Labute approximate surface area is 231 Å². The van der Waals surface area contributed by atoms with Gasteiger partial charge in [0, 0.05) is 24.5 Å². The number of nitrogens with zero attached hydrogens (tertiary/aromatic N) is 3. The molecule has 0 spiro atoms. The molecule has 5 heteroatoms. The number of amides is 2. The van der Waals surface area contributed by atoms with Crippen LogP contribution in [-0.2, 0) is 19.3 Å². The largest absolute Gasteiger partial charge is 0.303 e. The molecule has 198 valence electrons. The first kappa shape index (κ1) is 28.8. The Morgan fingerprint density at radius 2 is 1.05 bits per heavy atom. The van der Waals surface area contributed by atoms with Gasteiger partial charge >= 0.3 is 0 Å². The van der Waals surface area contributed by atoms with Gasteiger partial charge in [-0.3, -0.25) is 9.59 Å². The summed E-state index contributed by atoms with van der Waals surface area (Å²) in [4.78, 5) is 35.8. The highest BCUT2D eigenvalue weighted by molar-refractivity contribution is 6.09. The summed E-state index contributed by atoms with van der Waals surface area (Å²) in [5, 5.41) is 0. The minimum atomic E-state index is -0.326. The monoisotopic (exact) mass is 517 g/mol. The van der Waals surface area contributed by atoms with Crippen molar-refractivity contribution in [2.75, 3.05) is 22.9 Å². The number of benzene rings is 2. The summed E-state index contributed by atoms with van der Waals surface area (Å²) < 4.78 is 0. The van der Waals surface area contributed by atoms with E-state index in [1.807, 2.05) is 48.5 Å². The van der Waals surface area contributed by atoms with Gasteiger partial charge in [0.25, 0.3) is 11.8 Å². The molecule has 0 aliphatic heterocycles. The van der Waals surface area contributed by atoms with Gasteiger partial charge in [-0.05, 0) is 54.2 Å². The first-order chi connectivity index (χ1) is 19.0. The molecule has 1 aromatic heterocycles. The number of allylic oxidation sites excluding steroid dienone is 3. The molecule has 0 saturated carbocycles. The summed E-state index contributed by atoms with van der Waals surface area (Å²) in [7, 11) is 0. The number of hydrogen-bond acceptors (Lipinski definition) is 3. The van der Waals surface area contributed by atoms with Crippen LogP contribution in [0.25, 0.3) is 0 Å². The van der Waals surface area contributed by atoms with E-state index in [1.54, 1.807) is 52.3 Å². The SMILES string of the molecule is C=CCc1ccccc1N(CC=C)C(=O)c1ccc(CC=C)c(C(=O)N(CC=C)c2ccccc2CC=C)n1. The van der Waals surface area contributed by atoms with E-state index in [2.05, 4.69) is 37.9 Å². The van der Waals surface area contributed by atoms with Crippen LogP contribution in [0.5, 0.6) is 0 Å². The minimum Gasteiger partial charge on any atom is -0.303 e. The highest BCUT2D eigenvalue weighted by atomic mass is 16.2. The van der Waals surface area contributed by atoms with E-state index < -0.39 is 0 Å². The fraction of sp³-hybridized carbons (Fsp3) is 0.147. The Balaban J connectivity index is 2.12. The van der Waals surface area contributed by atoms with Crippen molar-refractivity contribution >= 4 is 23.2 Å². The van der Waals surface area contributed by atoms with Crippen LogP contribution >= 0.6 is 0 Å². The maximum Gasteiger partial charge on any atom is 0.277 e. The minimum absolute atomic E-state index is 0.166. The molecule has 0 bridgehead atoms. The summed E-state index contributed by atoms with van der Waals surface area (Å²) in [5.41, 5.74) is 4.46. The summed E-state index contributed by atoms with van der Waals surface area (Å²) in [6, 6.07) is 18.8. The van der Waals surface area contributed by atoms with Crippen molar-refractivity contribution in [3.05, 3.63) is 152 Å². The Morgan fingerprint density at radius 3 is 1.54 bits per heavy atom. The molecule has 0 unspecified atom stereocenters. The highest BCUT2D eigenvalue weighted by Gasteiger charge is 2.26. The van der Waals surface area contributed by atoms with E-state index in [9.17, 15) is 9.59 Å². The van der Waals surface area contributed by atoms with Gasteiger partial charge in [-0.1, -0.05) is 72.8 Å². The number of carbonyl (C=O) groups is 2. The summed E-state index contributed by atoms with van der Waals surface area (Å²) in [5.74, 6) is -0.645. The van der Waals surface area contributed by atoms with Crippen LogP contribution in [0.3, 0.4) is 0 Å². The molecule has 0 saturated heterocycles. The van der Waals surface area contributed by atoms with Gasteiger partial charge in [-0.2, -0.15) is 0 Å². The van der Waals surface area contributed by atoms with E-state index in [-0.39, 0.29) is 36.3 Å². The first-order valence-corrected chi connectivity index (χ1v) is 12.8. The fourth-order valence-corrected chi connectivity index (χ4v) is 4.42. The lowest BCUT2D eigenvalue weighted by Crippen LogP contribution is -2.35. The standard InChI is InChI=1S/C34H35N3O2/c1-6-15-26-18-11-13-20-30(26)36(24-9-4)33(38)29-23-22-28(17-8-3)32(35-29)34(39)37(25-10-5)31-21-14-12-19-27(31)16-7-2/h6-14,18-23H,1-5,15-17,24-25H2. The number of anilines is 2. The third kappa shape index (κ3) is 6.76. The third-order valence-electron chi connectivity index (χ3n) is 6.17.